The van der Waals surface area contributed by atoms with E-state index in [-0.39, 0.29) is 5.69 Å². The molecule has 6 nitrogen and oxygen atoms in total. The van der Waals surface area contributed by atoms with Crippen LogP contribution in [0.2, 0.25) is 0 Å². The summed E-state index contributed by atoms with van der Waals surface area (Å²) in [5.41, 5.74) is 3.70. The zero-order valence-electron chi connectivity index (χ0n) is 13.4. The lowest BCUT2D eigenvalue weighted by molar-refractivity contribution is 0.0691. The van der Waals surface area contributed by atoms with Gasteiger partial charge in [0.25, 0.3) is 0 Å². The summed E-state index contributed by atoms with van der Waals surface area (Å²) in [7, 11) is 0. The number of benzene rings is 2. The van der Waals surface area contributed by atoms with Gasteiger partial charge >= 0.3 is 5.97 Å². The summed E-state index contributed by atoms with van der Waals surface area (Å²) >= 11 is 0. The van der Waals surface area contributed by atoms with E-state index in [1.807, 2.05) is 55.5 Å². The lowest BCUT2D eigenvalue weighted by Gasteiger charge is -2.16. The quantitative estimate of drug-likeness (QED) is 0.622. The van der Waals surface area contributed by atoms with Crippen LogP contribution >= 0.6 is 0 Å². The van der Waals surface area contributed by atoms with Gasteiger partial charge in [-0.2, -0.15) is 0 Å². The first kappa shape index (κ1) is 15.0. The summed E-state index contributed by atoms with van der Waals surface area (Å²) in [6.07, 6.45) is 3.14. The van der Waals surface area contributed by atoms with E-state index in [0.29, 0.717) is 11.2 Å². The number of rotatable bonds is 3. The third kappa shape index (κ3) is 2.44. The number of carboxylic acids is 1. The van der Waals surface area contributed by atoms with Gasteiger partial charge in [0.15, 0.2) is 5.69 Å². The van der Waals surface area contributed by atoms with Gasteiger partial charge in [-0.25, -0.2) is 14.5 Å². The molecule has 0 radical (unpaired) electrons. The molecule has 2 aromatic heterocycles. The normalized spacial score (nSPS) is 10.9. The summed E-state index contributed by atoms with van der Waals surface area (Å²) in [5.74, 6) is -1.11. The van der Waals surface area contributed by atoms with Crippen molar-refractivity contribution >= 4 is 16.9 Å². The summed E-state index contributed by atoms with van der Waals surface area (Å²) < 4.78 is 1.46. The average Bonchev–Trinajstić information content (AvgIpc) is 3.15. The van der Waals surface area contributed by atoms with E-state index in [9.17, 15) is 9.90 Å². The minimum Gasteiger partial charge on any atom is -0.476 e. The molecule has 0 aliphatic rings. The van der Waals surface area contributed by atoms with Crippen molar-refractivity contribution < 1.29 is 9.90 Å². The van der Waals surface area contributed by atoms with Crippen LogP contribution in [-0.2, 0) is 0 Å². The highest BCUT2D eigenvalue weighted by atomic mass is 16.4. The van der Waals surface area contributed by atoms with E-state index in [1.54, 1.807) is 6.20 Å². The van der Waals surface area contributed by atoms with Gasteiger partial charge in [-0.3, -0.25) is 0 Å². The smallest absolute Gasteiger partial charge is 0.356 e. The van der Waals surface area contributed by atoms with E-state index >= 15 is 0 Å². The molecular formula is C19H14N4O2. The van der Waals surface area contributed by atoms with Crippen LogP contribution in [0.25, 0.3) is 27.7 Å². The Labute approximate surface area is 143 Å². The SMILES string of the molecule is Cc1cccc2nc(C(=O)O)c(-n3ccnn3)c(-c3ccccc3)c12. The standard InChI is InChI=1S/C19H14N4O2/c1-12-6-5-9-14-15(12)16(13-7-3-2-4-8-13)18(17(21-14)19(24)25)23-11-10-20-22-23/h2-11H,1H3,(H,24,25). The van der Waals surface area contributed by atoms with E-state index in [4.69, 9.17) is 0 Å². The Kier molecular flexibility index (Phi) is 3.50. The van der Waals surface area contributed by atoms with Gasteiger partial charge in [0.2, 0.25) is 0 Å². The molecule has 6 heteroatoms. The third-order valence-electron chi connectivity index (χ3n) is 4.11. The van der Waals surface area contributed by atoms with Crippen LogP contribution in [0.4, 0.5) is 0 Å². The van der Waals surface area contributed by atoms with Crippen molar-refractivity contribution in [1.82, 2.24) is 20.0 Å². The Morgan fingerprint density at radius 2 is 1.88 bits per heavy atom. The molecule has 2 heterocycles. The fourth-order valence-corrected chi connectivity index (χ4v) is 3.07. The highest BCUT2D eigenvalue weighted by molar-refractivity contribution is 6.06. The van der Waals surface area contributed by atoms with E-state index in [2.05, 4.69) is 15.3 Å². The van der Waals surface area contributed by atoms with Crippen LogP contribution in [0.1, 0.15) is 16.1 Å². The Balaban J connectivity index is 2.25. The van der Waals surface area contributed by atoms with Gasteiger partial charge in [0, 0.05) is 10.9 Å². The maximum atomic E-state index is 11.9. The van der Waals surface area contributed by atoms with Crippen LogP contribution in [0.3, 0.4) is 0 Å². The van der Waals surface area contributed by atoms with Crippen molar-refractivity contribution in [3.63, 3.8) is 0 Å². The molecule has 0 saturated heterocycles. The molecule has 4 aromatic rings. The second-order valence-corrected chi connectivity index (χ2v) is 5.67. The Bertz CT molecular complexity index is 1070. The van der Waals surface area contributed by atoms with Crippen LogP contribution in [0.5, 0.6) is 0 Å². The minimum atomic E-state index is -1.11. The molecule has 4 rings (SSSR count). The lowest BCUT2D eigenvalue weighted by atomic mass is 9.95. The molecule has 122 valence electrons. The second kappa shape index (κ2) is 5.83. The Morgan fingerprint density at radius 1 is 1.08 bits per heavy atom. The molecule has 0 aliphatic carbocycles. The van der Waals surface area contributed by atoms with Gasteiger partial charge in [-0.15, -0.1) is 5.10 Å². The first-order chi connectivity index (χ1) is 12.2. The van der Waals surface area contributed by atoms with E-state index in [0.717, 1.165) is 22.1 Å². The molecule has 1 N–H and O–H groups in total. The number of pyridine rings is 1. The largest absolute Gasteiger partial charge is 0.476 e. The molecule has 0 aliphatic heterocycles. The number of nitrogens with zero attached hydrogens (tertiary/aromatic N) is 4. The monoisotopic (exact) mass is 330 g/mol. The molecule has 0 bridgehead atoms. The zero-order chi connectivity index (χ0) is 17.4. The van der Waals surface area contributed by atoms with Crippen molar-refractivity contribution in [3.8, 4) is 16.8 Å². The molecule has 25 heavy (non-hydrogen) atoms. The topological polar surface area (TPSA) is 80.9 Å². The highest BCUT2D eigenvalue weighted by Gasteiger charge is 2.23. The number of carboxylic acid groups (broad SMARTS) is 1. The number of fused-ring (bicyclic) bond motifs is 1. The van der Waals surface area contributed by atoms with Crippen LogP contribution in [0.15, 0.2) is 60.9 Å². The molecule has 0 saturated carbocycles. The van der Waals surface area contributed by atoms with E-state index in [1.165, 1.54) is 10.9 Å². The van der Waals surface area contributed by atoms with Crippen LogP contribution < -0.4 is 0 Å². The number of carbonyl (C=O) groups is 1. The Hall–Kier alpha value is -3.54. The number of hydrogen-bond acceptors (Lipinski definition) is 4. The molecule has 0 unspecified atom stereocenters. The number of aromatic carboxylic acids is 1. The molecular weight excluding hydrogens is 316 g/mol. The molecule has 0 amide bonds. The molecule has 2 aromatic carbocycles. The number of aryl methyl sites for hydroxylation is 1. The first-order valence-electron chi connectivity index (χ1n) is 7.75. The molecule has 0 atom stereocenters. The number of aromatic nitrogens is 4. The molecule has 0 fully saturated rings. The third-order valence-corrected chi connectivity index (χ3v) is 4.11. The minimum absolute atomic E-state index is 0.0533. The predicted molar refractivity (Wildman–Crippen MR) is 93.8 cm³/mol. The van der Waals surface area contributed by atoms with Crippen molar-refractivity contribution in [3.05, 3.63) is 72.2 Å². The van der Waals surface area contributed by atoms with Gasteiger partial charge < -0.3 is 5.11 Å². The van der Waals surface area contributed by atoms with Crippen molar-refractivity contribution in [1.29, 1.82) is 0 Å². The van der Waals surface area contributed by atoms with E-state index < -0.39 is 5.97 Å². The zero-order valence-corrected chi connectivity index (χ0v) is 13.4. The summed E-state index contributed by atoms with van der Waals surface area (Å²) in [4.78, 5) is 16.3. The lowest BCUT2D eigenvalue weighted by Crippen LogP contribution is -2.12. The Morgan fingerprint density at radius 3 is 2.56 bits per heavy atom. The molecule has 0 spiro atoms. The van der Waals surface area contributed by atoms with Gasteiger partial charge in [-0.1, -0.05) is 47.7 Å². The maximum Gasteiger partial charge on any atom is 0.356 e. The van der Waals surface area contributed by atoms with Crippen LogP contribution in [-0.4, -0.2) is 31.1 Å². The fourth-order valence-electron chi connectivity index (χ4n) is 3.07. The first-order valence-corrected chi connectivity index (χ1v) is 7.75. The highest BCUT2D eigenvalue weighted by Crippen LogP contribution is 2.36. The van der Waals surface area contributed by atoms with Crippen molar-refractivity contribution in [2.45, 2.75) is 6.92 Å². The van der Waals surface area contributed by atoms with Gasteiger partial charge in [0.05, 0.1) is 17.9 Å². The van der Waals surface area contributed by atoms with Gasteiger partial charge in [-0.05, 0) is 24.1 Å². The fraction of sp³-hybridized carbons (Fsp3) is 0.0526. The maximum absolute atomic E-state index is 11.9. The van der Waals surface area contributed by atoms with Gasteiger partial charge in [0.1, 0.15) is 5.69 Å². The second-order valence-electron chi connectivity index (χ2n) is 5.67. The summed E-state index contributed by atoms with van der Waals surface area (Å²) in [6, 6.07) is 15.4. The summed E-state index contributed by atoms with van der Waals surface area (Å²) in [6.45, 7) is 1.99. The average molecular weight is 330 g/mol. The van der Waals surface area contributed by atoms with Crippen molar-refractivity contribution in [2.75, 3.05) is 0 Å². The number of hydrogen-bond donors (Lipinski definition) is 1. The van der Waals surface area contributed by atoms with Crippen LogP contribution in [0, 0.1) is 6.92 Å². The van der Waals surface area contributed by atoms with Crippen molar-refractivity contribution in [2.24, 2.45) is 0 Å². The summed E-state index contributed by atoms with van der Waals surface area (Å²) in [5, 5.41) is 18.5. The predicted octanol–water partition coefficient (Wildman–Crippen LogP) is 3.49.